The Morgan fingerprint density at radius 2 is 1.88 bits per heavy atom. The molecule has 3 aromatic rings. The summed E-state index contributed by atoms with van der Waals surface area (Å²) in [5.41, 5.74) is 1.96. The molecular weight excluding hydrogens is 384 g/mol. The highest BCUT2D eigenvalue weighted by Crippen LogP contribution is 2.37. The largest absolute Gasteiger partial charge is 0.490 e. The molecule has 3 rings (SSSR count). The molecule has 0 fully saturated rings. The van der Waals surface area contributed by atoms with Crippen molar-refractivity contribution in [1.82, 2.24) is 14.9 Å². The average Bonchev–Trinajstić information content (AvgIpc) is 3.14. The molecule has 0 unspecified atom stereocenters. The van der Waals surface area contributed by atoms with Gasteiger partial charge in [-0.3, -0.25) is 0 Å². The van der Waals surface area contributed by atoms with Gasteiger partial charge < -0.3 is 9.47 Å². The molecule has 0 aliphatic heterocycles. The monoisotopic (exact) mass is 400 g/mol. The van der Waals surface area contributed by atoms with Gasteiger partial charge in [0.25, 0.3) is 0 Å². The maximum atomic E-state index is 5.97. The molecule has 128 valence electrons. The van der Waals surface area contributed by atoms with E-state index < -0.39 is 0 Å². The zero-order valence-electron chi connectivity index (χ0n) is 13.7. The van der Waals surface area contributed by atoms with E-state index in [0.29, 0.717) is 24.7 Å². The zero-order valence-corrected chi connectivity index (χ0v) is 15.3. The van der Waals surface area contributed by atoms with E-state index in [1.165, 1.54) is 17.3 Å². The number of benzene rings is 2. The molecule has 0 aliphatic carbocycles. The van der Waals surface area contributed by atoms with E-state index in [0.717, 1.165) is 15.6 Å². The SMILES string of the molecule is CCOc1cc(/C=N\n2cnnc2)cc(Br)c1OCc1ccccc1. The second-order valence-electron chi connectivity index (χ2n) is 5.12. The van der Waals surface area contributed by atoms with E-state index in [9.17, 15) is 0 Å². The summed E-state index contributed by atoms with van der Waals surface area (Å²) in [4.78, 5) is 0. The molecule has 0 amide bonds. The minimum absolute atomic E-state index is 0.466. The lowest BCUT2D eigenvalue weighted by molar-refractivity contribution is 0.267. The van der Waals surface area contributed by atoms with Gasteiger partial charge in [0.15, 0.2) is 11.5 Å². The Morgan fingerprint density at radius 1 is 1.12 bits per heavy atom. The molecule has 1 heterocycles. The van der Waals surface area contributed by atoms with Gasteiger partial charge in [-0.15, -0.1) is 10.2 Å². The third kappa shape index (κ3) is 4.67. The molecule has 2 aromatic carbocycles. The smallest absolute Gasteiger partial charge is 0.175 e. The summed E-state index contributed by atoms with van der Waals surface area (Å²) in [5.74, 6) is 1.34. The van der Waals surface area contributed by atoms with Crippen LogP contribution in [-0.2, 0) is 6.61 Å². The Morgan fingerprint density at radius 3 is 2.60 bits per heavy atom. The van der Waals surface area contributed by atoms with Gasteiger partial charge in [0.1, 0.15) is 19.3 Å². The summed E-state index contributed by atoms with van der Waals surface area (Å²) < 4.78 is 14.0. The average molecular weight is 401 g/mol. The zero-order chi connectivity index (χ0) is 17.5. The molecule has 25 heavy (non-hydrogen) atoms. The molecule has 0 radical (unpaired) electrons. The van der Waals surface area contributed by atoms with Crippen LogP contribution in [0.1, 0.15) is 18.1 Å². The van der Waals surface area contributed by atoms with Crippen LogP contribution in [0.25, 0.3) is 0 Å². The van der Waals surface area contributed by atoms with Crippen molar-refractivity contribution < 1.29 is 9.47 Å². The van der Waals surface area contributed by atoms with Crippen LogP contribution in [0.15, 0.2) is 64.7 Å². The van der Waals surface area contributed by atoms with Crippen LogP contribution in [0.2, 0.25) is 0 Å². The standard InChI is InChI=1S/C18H17BrN4O2/c1-2-24-17-9-15(10-22-23-12-20-21-13-23)8-16(19)18(17)25-11-14-6-4-3-5-7-14/h3-10,12-13H,2,11H2,1H3/b22-10-. The summed E-state index contributed by atoms with van der Waals surface area (Å²) in [6.45, 7) is 2.95. The maximum absolute atomic E-state index is 5.97. The van der Waals surface area contributed by atoms with E-state index in [1.54, 1.807) is 6.21 Å². The maximum Gasteiger partial charge on any atom is 0.175 e. The fraction of sp³-hybridized carbons (Fsp3) is 0.167. The van der Waals surface area contributed by atoms with Crippen molar-refractivity contribution >= 4 is 22.1 Å². The Hall–Kier alpha value is -2.67. The van der Waals surface area contributed by atoms with Crippen LogP contribution in [-0.4, -0.2) is 27.7 Å². The van der Waals surface area contributed by atoms with Crippen molar-refractivity contribution in [3.05, 3.63) is 70.7 Å². The van der Waals surface area contributed by atoms with E-state index in [-0.39, 0.29) is 0 Å². The van der Waals surface area contributed by atoms with Crippen LogP contribution in [0.3, 0.4) is 0 Å². The summed E-state index contributed by atoms with van der Waals surface area (Å²) in [7, 11) is 0. The first-order valence-electron chi connectivity index (χ1n) is 7.78. The van der Waals surface area contributed by atoms with Gasteiger partial charge in [-0.1, -0.05) is 30.3 Å². The number of hydrogen-bond acceptors (Lipinski definition) is 5. The van der Waals surface area contributed by atoms with Crippen LogP contribution < -0.4 is 9.47 Å². The first-order chi connectivity index (χ1) is 12.3. The normalized spacial score (nSPS) is 11.0. The molecule has 1 aromatic heterocycles. The fourth-order valence-electron chi connectivity index (χ4n) is 2.18. The number of ether oxygens (including phenoxy) is 2. The number of halogens is 1. The second kappa shape index (κ2) is 8.43. The van der Waals surface area contributed by atoms with Crippen molar-refractivity contribution in [2.75, 3.05) is 6.61 Å². The lowest BCUT2D eigenvalue weighted by Gasteiger charge is -2.14. The van der Waals surface area contributed by atoms with Crippen molar-refractivity contribution in [3.8, 4) is 11.5 Å². The van der Waals surface area contributed by atoms with Gasteiger partial charge in [-0.05, 0) is 46.1 Å². The minimum atomic E-state index is 0.466. The van der Waals surface area contributed by atoms with Crippen LogP contribution in [0, 0.1) is 0 Å². The predicted octanol–water partition coefficient (Wildman–Crippen LogP) is 3.90. The molecule has 7 heteroatoms. The highest BCUT2D eigenvalue weighted by Gasteiger charge is 2.12. The second-order valence-corrected chi connectivity index (χ2v) is 5.98. The Labute approximate surface area is 154 Å². The molecule has 0 spiro atoms. The molecular formula is C18H17BrN4O2. The first kappa shape index (κ1) is 17.2. The van der Waals surface area contributed by atoms with Gasteiger partial charge in [-0.2, -0.15) is 5.10 Å². The quantitative estimate of drug-likeness (QED) is 0.564. The van der Waals surface area contributed by atoms with Crippen molar-refractivity contribution in [3.63, 3.8) is 0 Å². The van der Waals surface area contributed by atoms with Gasteiger partial charge in [0.05, 0.1) is 17.3 Å². The number of nitrogens with zero attached hydrogens (tertiary/aromatic N) is 4. The summed E-state index contributed by atoms with van der Waals surface area (Å²) in [5, 5.41) is 11.7. The molecule has 0 saturated carbocycles. The third-order valence-electron chi connectivity index (χ3n) is 3.30. The van der Waals surface area contributed by atoms with E-state index in [4.69, 9.17) is 9.47 Å². The van der Waals surface area contributed by atoms with E-state index >= 15 is 0 Å². The van der Waals surface area contributed by atoms with Crippen LogP contribution in [0.5, 0.6) is 11.5 Å². The highest BCUT2D eigenvalue weighted by molar-refractivity contribution is 9.10. The summed E-state index contributed by atoms with van der Waals surface area (Å²) >= 11 is 3.56. The minimum Gasteiger partial charge on any atom is -0.490 e. The van der Waals surface area contributed by atoms with Crippen LogP contribution in [0.4, 0.5) is 0 Å². The first-order valence-corrected chi connectivity index (χ1v) is 8.57. The molecule has 0 aliphatic rings. The molecule has 0 bridgehead atoms. The van der Waals surface area contributed by atoms with Crippen molar-refractivity contribution in [2.24, 2.45) is 5.10 Å². The lowest BCUT2D eigenvalue weighted by atomic mass is 10.2. The number of rotatable bonds is 7. The number of hydrogen-bond donors (Lipinski definition) is 0. The molecule has 0 N–H and O–H groups in total. The molecule has 6 nitrogen and oxygen atoms in total. The van der Waals surface area contributed by atoms with Crippen molar-refractivity contribution in [1.29, 1.82) is 0 Å². The van der Waals surface area contributed by atoms with Crippen LogP contribution >= 0.6 is 15.9 Å². The lowest BCUT2D eigenvalue weighted by Crippen LogP contribution is -2.01. The Balaban J connectivity index is 1.82. The van der Waals surface area contributed by atoms with E-state index in [2.05, 4.69) is 31.2 Å². The Bertz CT molecular complexity index is 836. The van der Waals surface area contributed by atoms with Crippen molar-refractivity contribution in [2.45, 2.75) is 13.5 Å². The van der Waals surface area contributed by atoms with Gasteiger partial charge in [0.2, 0.25) is 0 Å². The highest BCUT2D eigenvalue weighted by atomic mass is 79.9. The predicted molar refractivity (Wildman–Crippen MR) is 99.1 cm³/mol. The fourth-order valence-corrected chi connectivity index (χ4v) is 2.76. The van der Waals surface area contributed by atoms with E-state index in [1.807, 2.05) is 49.4 Å². The molecule has 0 saturated heterocycles. The Kier molecular flexibility index (Phi) is 5.79. The molecule has 0 atom stereocenters. The van der Waals surface area contributed by atoms with Gasteiger partial charge in [0, 0.05) is 0 Å². The van der Waals surface area contributed by atoms with Gasteiger partial charge in [-0.25, -0.2) is 4.68 Å². The topological polar surface area (TPSA) is 61.5 Å². The summed E-state index contributed by atoms with van der Waals surface area (Å²) in [6, 6.07) is 13.8. The summed E-state index contributed by atoms with van der Waals surface area (Å²) in [6.07, 6.45) is 4.75. The van der Waals surface area contributed by atoms with Gasteiger partial charge >= 0.3 is 0 Å². The number of aromatic nitrogens is 3. The third-order valence-corrected chi connectivity index (χ3v) is 3.89.